The van der Waals surface area contributed by atoms with E-state index in [-0.39, 0.29) is 5.92 Å². The lowest BCUT2D eigenvalue weighted by Gasteiger charge is -2.37. The third kappa shape index (κ3) is 4.55. The number of alkyl halides is 3. The normalized spacial score (nSPS) is 27.8. The molecule has 1 fully saturated rings. The lowest BCUT2D eigenvalue weighted by atomic mass is 9.84. The van der Waals surface area contributed by atoms with Gasteiger partial charge in [-0.1, -0.05) is 13.8 Å². The van der Waals surface area contributed by atoms with Crippen molar-refractivity contribution in [1.29, 1.82) is 0 Å². The number of hydrogen-bond donors (Lipinski definition) is 1. The Kier molecular flexibility index (Phi) is 5.28. The molecule has 1 N–H and O–H groups in total. The van der Waals surface area contributed by atoms with Gasteiger partial charge in [-0.25, -0.2) is 0 Å². The minimum absolute atomic E-state index is 0.218. The van der Waals surface area contributed by atoms with E-state index < -0.39 is 42.9 Å². The van der Waals surface area contributed by atoms with E-state index in [0.29, 0.717) is 6.42 Å². The molecule has 0 aromatic carbocycles. The average molecular weight is 314 g/mol. The van der Waals surface area contributed by atoms with Gasteiger partial charge in [0.25, 0.3) is 5.79 Å². The number of hydrogen-bond acceptors (Lipinski definition) is 5. The van der Waals surface area contributed by atoms with E-state index in [0.717, 1.165) is 0 Å². The lowest BCUT2D eigenvalue weighted by molar-refractivity contribution is -0.427. The molecule has 5 nitrogen and oxygen atoms in total. The van der Waals surface area contributed by atoms with Crippen molar-refractivity contribution >= 4 is 5.97 Å². The van der Waals surface area contributed by atoms with Crippen molar-refractivity contribution in [3.63, 3.8) is 0 Å². The van der Waals surface area contributed by atoms with Crippen molar-refractivity contribution in [1.82, 2.24) is 0 Å². The molecule has 1 aliphatic rings. The molecule has 0 bridgehead atoms. The summed E-state index contributed by atoms with van der Waals surface area (Å²) in [5, 5.41) is 9.42. The Morgan fingerprint density at radius 1 is 1.43 bits per heavy atom. The molecule has 2 atom stereocenters. The molecule has 8 heteroatoms. The van der Waals surface area contributed by atoms with Crippen LogP contribution in [0.3, 0.4) is 0 Å². The van der Waals surface area contributed by atoms with Crippen LogP contribution >= 0.6 is 0 Å². The highest BCUT2D eigenvalue weighted by Gasteiger charge is 2.59. The zero-order valence-corrected chi connectivity index (χ0v) is 12.5. The monoisotopic (exact) mass is 314 g/mol. The van der Waals surface area contributed by atoms with Crippen LogP contribution in [0.4, 0.5) is 13.2 Å². The number of rotatable bonds is 4. The van der Waals surface area contributed by atoms with Gasteiger partial charge in [0.2, 0.25) is 6.29 Å². The van der Waals surface area contributed by atoms with Gasteiger partial charge in [-0.15, -0.1) is 0 Å². The zero-order chi connectivity index (χ0) is 16.5. The first kappa shape index (κ1) is 18.2. The third-order valence-electron chi connectivity index (χ3n) is 3.15. The zero-order valence-electron chi connectivity index (χ0n) is 12.5. The fourth-order valence-electron chi connectivity index (χ4n) is 2.21. The van der Waals surface area contributed by atoms with Gasteiger partial charge in [0.15, 0.2) is 6.79 Å². The summed E-state index contributed by atoms with van der Waals surface area (Å²) in [5.41, 5.74) is -0.855. The van der Waals surface area contributed by atoms with Crippen LogP contribution in [-0.2, 0) is 19.0 Å². The SMILES string of the molecule is CC(C)CC(C)(C)C(=O)OC1CC(O)(C(F)(F)F)OCO1. The van der Waals surface area contributed by atoms with Crippen LogP contribution in [0.2, 0.25) is 0 Å². The number of esters is 1. The van der Waals surface area contributed by atoms with E-state index in [1.54, 1.807) is 13.8 Å². The Morgan fingerprint density at radius 3 is 2.48 bits per heavy atom. The smallest absolute Gasteiger partial charge is 0.435 e. The van der Waals surface area contributed by atoms with Crippen molar-refractivity contribution in [2.45, 2.75) is 58.8 Å². The van der Waals surface area contributed by atoms with Crippen LogP contribution in [0.15, 0.2) is 0 Å². The quantitative estimate of drug-likeness (QED) is 0.808. The number of aliphatic hydroxyl groups is 1. The molecule has 0 aliphatic carbocycles. The van der Waals surface area contributed by atoms with Crippen LogP contribution in [0.1, 0.15) is 40.5 Å². The van der Waals surface area contributed by atoms with Gasteiger partial charge >= 0.3 is 12.1 Å². The Morgan fingerprint density at radius 2 is 2.00 bits per heavy atom. The predicted octanol–water partition coefficient (Wildman–Crippen LogP) is 2.57. The second-order valence-electron chi connectivity index (χ2n) is 6.23. The summed E-state index contributed by atoms with van der Waals surface area (Å²) >= 11 is 0. The Labute approximate surface area is 121 Å². The van der Waals surface area contributed by atoms with Gasteiger partial charge in [0.1, 0.15) is 0 Å². The number of halogens is 3. The molecule has 21 heavy (non-hydrogen) atoms. The summed E-state index contributed by atoms with van der Waals surface area (Å²) < 4.78 is 52.0. The summed E-state index contributed by atoms with van der Waals surface area (Å²) in [6.07, 6.45) is -6.99. The van der Waals surface area contributed by atoms with Gasteiger partial charge in [-0.2, -0.15) is 13.2 Å². The maximum atomic E-state index is 12.7. The minimum atomic E-state index is -4.99. The molecule has 0 saturated carbocycles. The first-order valence-corrected chi connectivity index (χ1v) is 6.63. The largest absolute Gasteiger partial charge is 0.443 e. The topological polar surface area (TPSA) is 65.0 Å². The van der Waals surface area contributed by atoms with Gasteiger partial charge < -0.3 is 19.3 Å². The van der Waals surface area contributed by atoms with Gasteiger partial charge in [-0.05, 0) is 26.2 Å². The van der Waals surface area contributed by atoms with Crippen molar-refractivity contribution in [3.05, 3.63) is 0 Å². The van der Waals surface area contributed by atoms with Crippen molar-refractivity contribution in [2.75, 3.05) is 6.79 Å². The minimum Gasteiger partial charge on any atom is -0.435 e. The summed E-state index contributed by atoms with van der Waals surface area (Å²) in [6.45, 7) is 6.32. The molecule has 0 radical (unpaired) electrons. The molecule has 124 valence electrons. The average Bonchev–Trinajstić information content (AvgIpc) is 2.25. The lowest BCUT2D eigenvalue weighted by Crippen LogP contribution is -2.54. The van der Waals surface area contributed by atoms with Gasteiger partial charge in [0, 0.05) is 0 Å². The maximum absolute atomic E-state index is 12.7. The maximum Gasteiger partial charge on any atom is 0.443 e. The van der Waals surface area contributed by atoms with Gasteiger partial charge in [0.05, 0.1) is 11.8 Å². The van der Waals surface area contributed by atoms with E-state index >= 15 is 0 Å². The third-order valence-corrected chi connectivity index (χ3v) is 3.15. The fraction of sp³-hybridized carbons (Fsp3) is 0.923. The van der Waals surface area contributed by atoms with E-state index in [4.69, 9.17) is 9.47 Å². The van der Waals surface area contributed by atoms with Crippen LogP contribution in [0.5, 0.6) is 0 Å². The predicted molar refractivity (Wildman–Crippen MR) is 65.8 cm³/mol. The van der Waals surface area contributed by atoms with Crippen molar-refractivity contribution in [2.24, 2.45) is 11.3 Å². The highest BCUT2D eigenvalue weighted by molar-refractivity contribution is 5.76. The van der Waals surface area contributed by atoms with Crippen molar-refractivity contribution < 1.29 is 37.3 Å². The summed E-state index contributed by atoms with van der Waals surface area (Å²) in [6, 6.07) is 0. The fourth-order valence-corrected chi connectivity index (χ4v) is 2.21. The van der Waals surface area contributed by atoms with Crippen LogP contribution in [0.25, 0.3) is 0 Å². The molecular formula is C13H21F3O5. The molecule has 0 spiro atoms. The first-order valence-electron chi connectivity index (χ1n) is 6.63. The van der Waals surface area contributed by atoms with E-state index in [1.807, 2.05) is 13.8 Å². The molecule has 0 amide bonds. The molecule has 0 aromatic heterocycles. The first-order chi connectivity index (χ1) is 9.37. The number of ether oxygens (including phenoxy) is 3. The molecule has 2 unspecified atom stereocenters. The van der Waals surface area contributed by atoms with E-state index in [9.17, 15) is 23.1 Å². The Bertz CT molecular complexity index is 380. The molecule has 1 saturated heterocycles. The second-order valence-corrected chi connectivity index (χ2v) is 6.23. The summed E-state index contributed by atoms with van der Waals surface area (Å²) in [7, 11) is 0. The number of carbonyl (C=O) groups is 1. The molecule has 1 aliphatic heterocycles. The molecule has 1 heterocycles. The molecule has 0 aromatic rings. The molecular weight excluding hydrogens is 293 g/mol. The van der Waals surface area contributed by atoms with Gasteiger partial charge in [-0.3, -0.25) is 4.79 Å². The van der Waals surface area contributed by atoms with E-state index in [2.05, 4.69) is 4.74 Å². The van der Waals surface area contributed by atoms with Crippen LogP contribution < -0.4 is 0 Å². The Balaban J connectivity index is 2.69. The van der Waals surface area contributed by atoms with Crippen molar-refractivity contribution in [3.8, 4) is 0 Å². The Hall–Kier alpha value is -0.860. The van der Waals surface area contributed by atoms with E-state index in [1.165, 1.54) is 0 Å². The number of carbonyl (C=O) groups excluding carboxylic acids is 1. The molecule has 1 rings (SSSR count). The second kappa shape index (κ2) is 6.10. The summed E-state index contributed by atoms with van der Waals surface area (Å²) in [5.74, 6) is -3.82. The highest BCUT2D eigenvalue weighted by Crippen LogP contribution is 2.38. The summed E-state index contributed by atoms with van der Waals surface area (Å²) in [4.78, 5) is 12.0. The highest BCUT2D eigenvalue weighted by atomic mass is 19.4. The van der Waals surface area contributed by atoms with Crippen LogP contribution in [-0.4, -0.2) is 36.1 Å². The van der Waals surface area contributed by atoms with Crippen LogP contribution in [0, 0.1) is 11.3 Å². The standard InChI is InChI=1S/C13H21F3O5/c1-8(2)5-11(3,4)10(17)21-9-6-12(18,13(14,15)16)20-7-19-9/h8-9,18H,5-7H2,1-4H3.